The summed E-state index contributed by atoms with van der Waals surface area (Å²) in [6, 6.07) is 20.4. The van der Waals surface area contributed by atoms with E-state index in [-0.39, 0.29) is 162 Å². The highest BCUT2D eigenvalue weighted by atomic mass is 19.4. The molecule has 2 N–H and O–H groups in total. The fourth-order valence-electron chi connectivity index (χ4n) is 19.9. The Morgan fingerprint density at radius 2 is 0.534 bits per heavy atom. The van der Waals surface area contributed by atoms with Gasteiger partial charge in [-0.05, 0) is 257 Å². The number of unbranched alkanes of at least 4 members (excludes halogenated alkanes) is 1. The van der Waals surface area contributed by atoms with Crippen LogP contribution in [0.25, 0.3) is 11.1 Å². The zero-order valence-corrected chi connectivity index (χ0v) is 78.6. The molecule has 0 radical (unpaired) electrons. The molecule has 0 fully saturated rings. The summed E-state index contributed by atoms with van der Waals surface area (Å²) in [5.41, 5.74) is -39.9. The molecule has 0 unspecified atom stereocenters. The highest BCUT2D eigenvalue weighted by Crippen LogP contribution is 2.62. The van der Waals surface area contributed by atoms with Gasteiger partial charge in [0.05, 0.1) is 120 Å². The van der Waals surface area contributed by atoms with Crippen LogP contribution in [0, 0.1) is 27.7 Å². The predicted octanol–water partition coefficient (Wildman–Crippen LogP) is 21.8. The fraction of sp³-hybridized carbons (Fsp3) is 0.245. The summed E-state index contributed by atoms with van der Waals surface area (Å²) in [5.74, 6) is -21.0. The van der Waals surface area contributed by atoms with E-state index in [4.69, 9.17) is 9.47 Å². The molecule has 6 aliphatic rings. The molecule has 17 rings (SSSR count). The van der Waals surface area contributed by atoms with Crippen molar-refractivity contribution in [3.63, 3.8) is 0 Å². The number of phenols is 2. The number of benzene rings is 11. The van der Waals surface area contributed by atoms with E-state index in [1.807, 2.05) is 47.6 Å². The molecule has 762 valence electrons. The second-order valence-electron chi connectivity index (χ2n) is 38.3. The van der Waals surface area contributed by atoms with Crippen molar-refractivity contribution in [3.8, 4) is 22.6 Å². The van der Waals surface area contributed by atoms with Crippen LogP contribution in [-0.4, -0.2) is 155 Å². The molecule has 0 aliphatic carbocycles. The first-order chi connectivity index (χ1) is 68.7. The van der Waals surface area contributed by atoms with Crippen LogP contribution in [0.3, 0.4) is 0 Å². The zero-order chi connectivity index (χ0) is 108. The number of aromatic hydroxyl groups is 2. The topological polar surface area (TPSA) is 317 Å². The average Bonchev–Trinajstić information content (AvgIpc) is 1.44. The third kappa shape index (κ3) is 15.6. The van der Waals surface area contributed by atoms with E-state index in [1.165, 1.54) is 32.9 Å². The minimum absolute atomic E-state index is 0.0451. The van der Waals surface area contributed by atoms with Gasteiger partial charge in [-0.15, -0.1) is 0 Å². The fourth-order valence-corrected chi connectivity index (χ4v) is 19.9. The van der Waals surface area contributed by atoms with Crippen LogP contribution in [0.4, 0.5) is 107 Å². The first-order valence-electron chi connectivity index (χ1n) is 44.6. The number of amides is 12. The number of phenolic OH excluding ortho intramolecular Hbond substituents is 2. The molecule has 0 saturated carbocycles. The molecule has 6 heterocycles. The highest BCUT2D eigenvalue weighted by Gasteiger charge is 2.76. The summed E-state index contributed by atoms with van der Waals surface area (Å²) in [4.78, 5) is 199. The van der Waals surface area contributed by atoms with E-state index in [0.717, 1.165) is 73.6 Å². The maximum atomic E-state index is 16.3. The van der Waals surface area contributed by atoms with Crippen LogP contribution >= 0.6 is 0 Å². The number of carbonyl (C=O) groups excluding carboxylic acids is 14. The van der Waals surface area contributed by atoms with Crippen molar-refractivity contribution in [2.24, 2.45) is 0 Å². The maximum absolute atomic E-state index is 16.3. The lowest BCUT2D eigenvalue weighted by Crippen LogP contribution is -2.55. The SMILES string of the molecule is Cc1cc(C(=O)OCCCCOC(=O)c2cc(C(C)(C)C)cc(C(C)(C)C)c2)cc(N2C(=O)c3ccc(C(c4ccc5c(c4)C(=O)N(c4c(C)cc(C)c(N6C(=O)c7ccc(C(c8ccc9c(c8)C(=O)N(c8ccc(-c%10ccc(N%11C(=O)c%12ccc(C(c%13ccc%14c(c%13)C(=O)N(C)C%14=O)(C(F)(F)F)C(F)(F)F)cc%12C%11=O)c(O)c%10)cc8O)C9=O)(C(F)(F)F)C(F)(F)F)cc7C6=O)c4C)C5=O)(C(F)(F)F)C(F)(F)F)cc3C2=O)c1. The van der Waals surface area contributed by atoms with Crippen molar-refractivity contribution in [1.29, 1.82) is 0 Å². The van der Waals surface area contributed by atoms with Crippen LogP contribution in [0.2, 0.25) is 0 Å². The number of hydrogen-bond acceptors (Lipinski definition) is 18. The third-order valence-corrected chi connectivity index (χ3v) is 27.2. The van der Waals surface area contributed by atoms with E-state index in [0.29, 0.717) is 57.8 Å². The predicted molar refractivity (Wildman–Crippen MR) is 490 cm³/mol. The molecule has 0 aromatic heterocycles. The van der Waals surface area contributed by atoms with Gasteiger partial charge in [-0.3, -0.25) is 62.4 Å². The minimum atomic E-state index is -6.59. The number of imide groups is 6. The second kappa shape index (κ2) is 34.6. The Bertz CT molecular complexity index is 7750. The minimum Gasteiger partial charge on any atom is -0.506 e. The van der Waals surface area contributed by atoms with Crippen LogP contribution < -0.4 is 24.5 Å². The van der Waals surface area contributed by atoms with Gasteiger partial charge < -0.3 is 19.7 Å². The molecule has 0 bridgehead atoms. The van der Waals surface area contributed by atoms with Crippen molar-refractivity contribution in [2.75, 3.05) is 44.8 Å². The summed E-state index contributed by atoms with van der Waals surface area (Å²) < 4.78 is 298. The number of esters is 2. The van der Waals surface area contributed by atoms with Gasteiger partial charge in [-0.1, -0.05) is 102 Å². The van der Waals surface area contributed by atoms with Gasteiger partial charge in [0, 0.05) is 7.05 Å². The normalized spacial score (nSPS) is 15.4. The number of anilines is 5. The lowest BCUT2D eigenvalue weighted by Gasteiger charge is -2.38. The molecule has 42 heteroatoms. The molecule has 24 nitrogen and oxygen atoms in total. The molecule has 0 atom stereocenters. The van der Waals surface area contributed by atoms with Gasteiger partial charge in [0.2, 0.25) is 16.2 Å². The molecule has 11 aromatic carbocycles. The largest absolute Gasteiger partial charge is 0.506 e. The van der Waals surface area contributed by atoms with Crippen LogP contribution in [0.5, 0.6) is 11.5 Å². The molecule has 0 saturated heterocycles. The van der Waals surface area contributed by atoms with E-state index in [1.54, 1.807) is 12.1 Å². The summed E-state index contributed by atoms with van der Waals surface area (Å²) in [7, 11) is 0.930. The van der Waals surface area contributed by atoms with Crippen LogP contribution in [-0.2, 0) is 36.5 Å². The summed E-state index contributed by atoms with van der Waals surface area (Å²) in [6.45, 7) is 16.5. The second-order valence-corrected chi connectivity index (χ2v) is 38.3. The monoisotopic (exact) mass is 2060 g/mol. The third-order valence-electron chi connectivity index (χ3n) is 27.2. The Balaban J connectivity index is 0.604. The molecule has 148 heavy (non-hydrogen) atoms. The van der Waals surface area contributed by atoms with Crippen LogP contribution in [0.1, 0.15) is 266 Å². The Morgan fingerprint density at radius 1 is 0.277 bits per heavy atom. The van der Waals surface area contributed by atoms with Crippen molar-refractivity contribution in [2.45, 2.75) is 146 Å². The van der Waals surface area contributed by atoms with Gasteiger partial charge in [0.1, 0.15) is 11.5 Å². The van der Waals surface area contributed by atoms with Crippen molar-refractivity contribution in [1.82, 2.24) is 4.90 Å². The maximum Gasteiger partial charge on any atom is 0.411 e. The van der Waals surface area contributed by atoms with Gasteiger partial charge in [-0.2, -0.15) is 79.0 Å². The standard InChI is InChI=1S/C106H74F18N6O18/c1-47-32-53(94(145)147-30-12-13-31-148-95(146)54-35-61(96(5,6)7)40-62(36-54)97(8,9)10)37-63(33-47)126-84(135)65-23-17-56(42-71(65)89(126)140)99(103(113,114)115,104(116,117)118)59-20-26-68-74(45-59)92(143)129(87(68)138)80-48(2)34-49(3)81(50(80)4)130-88(139)69-27-21-60(46-75(69)93(130)144)100(105(119,120)121,106(122,123)124)58-19-25-67-73(44-58)91(142)128(86(67)137)77-29-15-52(39-79(77)132)51-14-28-76(78(131)38-51)127-85(136)66-24-18-57(43-72(66)90(127)141)98(101(107,108)109,102(110,111)112)55-16-22-64-70(41-55)83(134)125(11)82(64)133/h14-29,32-46,131-132H,12-13,30-31H2,1-11H3. The van der Waals surface area contributed by atoms with Crippen molar-refractivity contribution < 1.29 is 166 Å². The van der Waals surface area contributed by atoms with E-state index >= 15 is 79.0 Å². The Morgan fingerprint density at radius 3 is 0.831 bits per heavy atom. The first kappa shape index (κ1) is 103. The van der Waals surface area contributed by atoms with Gasteiger partial charge >= 0.3 is 49.0 Å². The molecule has 6 aliphatic heterocycles. The van der Waals surface area contributed by atoms with Gasteiger partial charge in [-0.25, -0.2) is 34.1 Å². The number of halogens is 18. The Labute approximate surface area is 824 Å². The van der Waals surface area contributed by atoms with Gasteiger partial charge in [0.25, 0.3) is 70.9 Å². The number of fused-ring (bicyclic) bond motifs is 6. The summed E-state index contributed by atoms with van der Waals surface area (Å²) in [6.07, 6.45) is -38.5. The Kier molecular flexibility index (Phi) is 24.1. The summed E-state index contributed by atoms with van der Waals surface area (Å²) >= 11 is 0. The number of alkyl halides is 18. The quantitative estimate of drug-likeness (QED) is 0.0329. The number of carbonyl (C=O) groups is 14. The number of aryl methyl sites for hydroxylation is 3. The van der Waals surface area contributed by atoms with E-state index in [9.17, 15) is 77.3 Å². The molecule has 0 spiro atoms. The summed E-state index contributed by atoms with van der Waals surface area (Å²) in [5, 5.41) is 22.9. The molecule has 11 aromatic rings. The number of nitrogens with zero attached hydrogens (tertiary/aromatic N) is 6. The first-order valence-corrected chi connectivity index (χ1v) is 44.6. The lowest BCUT2D eigenvalue weighted by atomic mass is 9.71. The highest BCUT2D eigenvalue weighted by molar-refractivity contribution is 6.39. The number of hydrogen-bond donors (Lipinski definition) is 2. The molecular weight excluding hydrogens is 1990 g/mol. The zero-order valence-electron chi connectivity index (χ0n) is 78.6. The van der Waals surface area contributed by atoms with Crippen molar-refractivity contribution >= 4 is 111 Å². The number of ether oxygens (including phenoxy) is 2. The number of rotatable bonds is 19. The van der Waals surface area contributed by atoms with Crippen molar-refractivity contribution in [3.05, 3.63) is 333 Å². The lowest BCUT2D eigenvalue weighted by molar-refractivity contribution is -0.290. The van der Waals surface area contributed by atoms with Gasteiger partial charge in [0.15, 0.2) is 0 Å². The average molecular weight is 2060 g/mol. The Hall–Kier alpha value is -16.5. The van der Waals surface area contributed by atoms with E-state index in [2.05, 4.69) is 0 Å². The van der Waals surface area contributed by atoms with E-state index < -0.39 is 276 Å². The smallest absolute Gasteiger partial charge is 0.411 e. The molecule has 12 amide bonds. The van der Waals surface area contributed by atoms with Crippen LogP contribution in [0.15, 0.2) is 188 Å². The molecular formula is C106H74F18N6O18.